The molecule has 3 aliphatic rings. The third kappa shape index (κ3) is 3.69. The number of nitrogens with zero attached hydrogens (tertiary/aromatic N) is 2. The fourth-order valence-corrected chi connectivity index (χ4v) is 4.56. The second-order valence-electron chi connectivity index (χ2n) is 8.15. The zero-order chi connectivity index (χ0) is 18.0. The Balaban J connectivity index is 1.24. The molecular formula is C20H28N4O2. The van der Waals surface area contributed by atoms with E-state index in [1.165, 1.54) is 19.3 Å². The van der Waals surface area contributed by atoms with Gasteiger partial charge in [-0.05, 0) is 43.4 Å². The molecule has 3 amide bonds. The third-order valence-electron chi connectivity index (χ3n) is 6.33. The van der Waals surface area contributed by atoms with Gasteiger partial charge in [-0.25, -0.2) is 4.79 Å². The molecule has 1 aromatic rings. The number of likely N-dealkylation sites (tertiary alicyclic amines) is 1. The highest BCUT2D eigenvalue weighted by molar-refractivity contribution is 5.83. The summed E-state index contributed by atoms with van der Waals surface area (Å²) in [5.41, 5.74) is 1.08. The molecule has 6 nitrogen and oxygen atoms in total. The average Bonchev–Trinajstić information content (AvgIpc) is 3.21. The van der Waals surface area contributed by atoms with E-state index in [0.29, 0.717) is 12.6 Å². The molecule has 2 N–H and O–H groups in total. The molecule has 3 fully saturated rings. The summed E-state index contributed by atoms with van der Waals surface area (Å²) in [6, 6.07) is 4.23. The molecular weight excluding hydrogens is 328 g/mol. The standard InChI is InChI=1S/C20H28N4O2/c25-18(22-13-15-6-9-21-10-7-15)17-12-20(17)8-11-24(14-20)19(26)23-16-4-2-1-3-5-16/h6-7,9-10,16-17H,1-5,8,11-14H2,(H,22,25)(H,23,26)/t17-,20-/m0/s1. The normalized spacial score (nSPS) is 28.2. The summed E-state index contributed by atoms with van der Waals surface area (Å²) in [6.45, 7) is 2.03. The predicted octanol–water partition coefficient (Wildman–Crippen LogP) is 2.45. The fourth-order valence-electron chi connectivity index (χ4n) is 4.56. The van der Waals surface area contributed by atoms with Gasteiger partial charge >= 0.3 is 6.03 Å². The Morgan fingerprint density at radius 3 is 2.73 bits per heavy atom. The van der Waals surface area contributed by atoms with Crippen molar-refractivity contribution in [1.29, 1.82) is 0 Å². The first-order chi connectivity index (χ1) is 12.7. The molecule has 140 valence electrons. The van der Waals surface area contributed by atoms with E-state index in [1.807, 2.05) is 17.0 Å². The number of pyridine rings is 1. The molecule has 4 rings (SSSR count). The van der Waals surface area contributed by atoms with Gasteiger partial charge in [0, 0.05) is 49.4 Å². The highest BCUT2D eigenvalue weighted by Crippen LogP contribution is 2.58. The SMILES string of the molecule is O=C(NCc1ccncc1)[C@@H]1C[C@]12CCN(C(=O)NC1CCCCC1)C2. The van der Waals surface area contributed by atoms with Gasteiger partial charge in [-0.1, -0.05) is 19.3 Å². The Labute approximate surface area is 154 Å². The minimum Gasteiger partial charge on any atom is -0.352 e. The van der Waals surface area contributed by atoms with Crippen LogP contribution in [-0.2, 0) is 11.3 Å². The number of nitrogens with one attached hydrogen (secondary N) is 2. The van der Waals surface area contributed by atoms with Crippen molar-refractivity contribution in [3.8, 4) is 0 Å². The van der Waals surface area contributed by atoms with E-state index in [1.54, 1.807) is 12.4 Å². The maximum atomic E-state index is 12.5. The van der Waals surface area contributed by atoms with E-state index in [4.69, 9.17) is 0 Å². The zero-order valence-corrected chi connectivity index (χ0v) is 15.2. The molecule has 2 heterocycles. The topological polar surface area (TPSA) is 74.3 Å². The van der Waals surface area contributed by atoms with Crippen LogP contribution in [0.3, 0.4) is 0 Å². The van der Waals surface area contributed by atoms with Crippen LogP contribution in [0.5, 0.6) is 0 Å². The molecule has 2 atom stereocenters. The summed E-state index contributed by atoms with van der Waals surface area (Å²) in [5.74, 6) is 0.174. The Kier molecular flexibility index (Phi) is 4.83. The molecule has 1 aromatic heterocycles. The third-order valence-corrected chi connectivity index (χ3v) is 6.33. The van der Waals surface area contributed by atoms with Crippen LogP contribution in [0.4, 0.5) is 4.79 Å². The van der Waals surface area contributed by atoms with Crippen LogP contribution in [0.25, 0.3) is 0 Å². The average molecular weight is 356 g/mol. The van der Waals surface area contributed by atoms with Crippen molar-refractivity contribution in [3.63, 3.8) is 0 Å². The summed E-state index contributed by atoms with van der Waals surface area (Å²) in [7, 11) is 0. The van der Waals surface area contributed by atoms with Crippen LogP contribution < -0.4 is 10.6 Å². The lowest BCUT2D eigenvalue weighted by Crippen LogP contribution is -2.44. The highest BCUT2D eigenvalue weighted by atomic mass is 16.2. The minimum absolute atomic E-state index is 0.0201. The largest absolute Gasteiger partial charge is 0.352 e. The van der Waals surface area contributed by atoms with Crippen molar-refractivity contribution in [2.24, 2.45) is 11.3 Å². The van der Waals surface area contributed by atoms with Crippen LogP contribution in [0.1, 0.15) is 50.5 Å². The number of urea groups is 1. The number of carbonyl (C=O) groups is 2. The van der Waals surface area contributed by atoms with Crippen molar-refractivity contribution in [2.45, 2.75) is 57.5 Å². The van der Waals surface area contributed by atoms with Gasteiger partial charge in [-0.2, -0.15) is 0 Å². The van der Waals surface area contributed by atoms with Gasteiger partial charge < -0.3 is 15.5 Å². The number of carbonyl (C=O) groups excluding carboxylic acids is 2. The summed E-state index contributed by atoms with van der Waals surface area (Å²) in [4.78, 5) is 30.9. The lowest BCUT2D eigenvalue weighted by Gasteiger charge is -2.26. The quantitative estimate of drug-likeness (QED) is 0.870. The molecule has 1 aliphatic heterocycles. The van der Waals surface area contributed by atoms with Crippen LogP contribution in [-0.4, -0.2) is 41.0 Å². The molecule has 2 aliphatic carbocycles. The molecule has 0 bridgehead atoms. The summed E-state index contributed by atoms with van der Waals surface area (Å²) in [5, 5.41) is 6.23. The molecule has 2 saturated carbocycles. The van der Waals surface area contributed by atoms with Crippen LogP contribution in [0, 0.1) is 11.3 Å². The van der Waals surface area contributed by atoms with E-state index in [-0.39, 0.29) is 23.3 Å². The Hall–Kier alpha value is -2.11. The summed E-state index contributed by atoms with van der Waals surface area (Å²) in [6.07, 6.45) is 11.2. The predicted molar refractivity (Wildman–Crippen MR) is 98.2 cm³/mol. The number of aromatic nitrogens is 1. The number of rotatable bonds is 4. The van der Waals surface area contributed by atoms with Crippen molar-refractivity contribution in [2.75, 3.05) is 13.1 Å². The molecule has 6 heteroatoms. The second-order valence-corrected chi connectivity index (χ2v) is 8.15. The number of hydrogen-bond donors (Lipinski definition) is 2. The van der Waals surface area contributed by atoms with Gasteiger partial charge in [0.2, 0.25) is 5.91 Å². The second kappa shape index (κ2) is 7.25. The highest BCUT2D eigenvalue weighted by Gasteiger charge is 2.61. The summed E-state index contributed by atoms with van der Waals surface area (Å²) >= 11 is 0. The van der Waals surface area contributed by atoms with Gasteiger partial charge in [0.15, 0.2) is 0 Å². The minimum atomic E-state index is 0.0201. The van der Waals surface area contributed by atoms with Crippen molar-refractivity contribution >= 4 is 11.9 Å². The lowest BCUT2D eigenvalue weighted by molar-refractivity contribution is -0.123. The Morgan fingerprint density at radius 2 is 1.96 bits per heavy atom. The van der Waals surface area contributed by atoms with Crippen molar-refractivity contribution in [1.82, 2.24) is 20.5 Å². The van der Waals surface area contributed by atoms with Crippen LogP contribution >= 0.6 is 0 Å². The fraction of sp³-hybridized carbons (Fsp3) is 0.650. The van der Waals surface area contributed by atoms with E-state index >= 15 is 0 Å². The first kappa shape index (κ1) is 17.3. The molecule has 1 saturated heterocycles. The van der Waals surface area contributed by atoms with Crippen LogP contribution in [0.15, 0.2) is 24.5 Å². The van der Waals surface area contributed by atoms with Gasteiger partial charge in [-0.3, -0.25) is 9.78 Å². The monoisotopic (exact) mass is 356 g/mol. The molecule has 0 unspecified atom stereocenters. The van der Waals surface area contributed by atoms with Crippen molar-refractivity contribution < 1.29 is 9.59 Å². The zero-order valence-electron chi connectivity index (χ0n) is 15.2. The lowest BCUT2D eigenvalue weighted by atomic mass is 9.96. The summed E-state index contributed by atoms with van der Waals surface area (Å²) < 4.78 is 0. The van der Waals surface area contributed by atoms with E-state index in [2.05, 4.69) is 15.6 Å². The van der Waals surface area contributed by atoms with Gasteiger partial charge in [0.25, 0.3) is 0 Å². The Bertz CT molecular complexity index is 659. The smallest absolute Gasteiger partial charge is 0.317 e. The van der Waals surface area contributed by atoms with E-state index in [0.717, 1.165) is 44.3 Å². The van der Waals surface area contributed by atoms with Gasteiger partial charge in [-0.15, -0.1) is 0 Å². The molecule has 0 aromatic carbocycles. The van der Waals surface area contributed by atoms with Gasteiger partial charge in [0.05, 0.1) is 0 Å². The van der Waals surface area contributed by atoms with Crippen LogP contribution in [0.2, 0.25) is 0 Å². The van der Waals surface area contributed by atoms with E-state index in [9.17, 15) is 9.59 Å². The number of amides is 3. The van der Waals surface area contributed by atoms with Crippen molar-refractivity contribution in [3.05, 3.63) is 30.1 Å². The maximum Gasteiger partial charge on any atom is 0.317 e. The molecule has 26 heavy (non-hydrogen) atoms. The van der Waals surface area contributed by atoms with E-state index < -0.39 is 0 Å². The first-order valence-electron chi connectivity index (χ1n) is 9.88. The first-order valence-corrected chi connectivity index (χ1v) is 9.88. The number of hydrogen-bond acceptors (Lipinski definition) is 3. The molecule has 1 spiro atoms. The Morgan fingerprint density at radius 1 is 1.19 bits per heavy atom. The van der Waals surface area contributed by atoms with Gasteiger partial charge in [0.1, 0.15) is 0 Å². The maximum absolute atomic E-state index is 12.5. The molecule has 0 radical (unpaired) electrons.